The van der Waals surface area contributed by atoms with Gasteiger partial charge in [0.1, 0.15) is 0 Å². The maximum atomic E-state index is 11.5. The van der Waals surface area contributed by atoms with E-state index in [4.69, 9.17) is 4.74 Å². The van der Waals surface area contributed by atoms with Crippen molar-refractivity contribution in [1.82, 2.24) is 19.7 Å². The Labute approximate surface area is 163 Å². The first-order valence-electron chi connectivity index (χ1n) is 8.91. The topological polar surface area (TPSA) is 69.9 Å². The van der Waals surface area contributed by atoms with Gasteiger partial charge in [-0.25, -0.2) is 0 Å². The van der Waals surface area contributed by atoms with Crippen LogP contribution in [0.25, 0.3) is 17.1 Å². The number of nitrogens with zero attached hydrogens (tertiary/aromatic N) is 4. The summed E-state index contributed by atoms with van der Waals surface area (Å²) in [6, 6.07) is 12.0. The van der Waals surface area contributed by atoms with Crippen LogP contribution in [0.3, 0.4) is 0 Å². The van der Waals surface area contributed by atoms with Crippen LogP contribution in [0, 0.1) is 6.92 Å². The number of carbonyl (C=O) groups excluding carboxylic acids is 1. The Morgan fingerprint density at radius 1 is 1.15 bits per heavy atom. The number of hydrogen-bond donors (Lipinski definition) is 0. The number of esters is 1. The standard InChI is InChI=1S/C20H22N4O2S/c1-3-26-18(25)9-6-14-27-20-23-22-19(16-10-12-21-13-11-16)24(20)17-8-5-4-7-15(17)2/h4-5,7-8,10-13H,3,6,9,14H2,1-2H3. The zero-order valence-electron chi connectivity index (χ0n) is 15.5. The van der Waals surface area contributed by atoms with E-state index in [1.54, 1.807) is 24.2 Å². The fraction of sp³-hybridized carbons (Fsp3) is 0.300. The fourth-order valence-corrected chi connectivity index (χ4v) is 3.58. The van der Waals surface area contributed by atoms with Gasteiger partial charge in [0.2, 0.25) is 0 Å². The number of rotatable bonds is 8. The van der Waals surface area contributed by atoms with Crippen LogP contribution >= 0.6 is 11.8 Å². The van der Waals surface area contributed by atoms with E-state index in [-0.39, 0.29) is 5.97 Å². The largest absolute Gasteiger partial charge is 0.466 e. The molecule has 0 fully saturated rings. The first-order chi connectivity index (χ1) is 13.2. The predicted octanol–water partition coefficient (Wildman–Crippen LogP) is 4.07. The molecule has 7 heteroatoms. The lowest BCUT2D eigenvalue weighted by Gasteiger charge is -2.12. The molecule has 0 amide bonds. The molecule has 0 spiro atoms. The molecule has 6 nitrogen and oxygen atoms in total. The van der Waals surface area contributed by atoms with E-state index >= 15 is 0 Å². The maximum absolute atomic E-state index is 11.5. The zero-order valence-corrected chi connectivity index (χ0v) is 16.3. The molecule has 0 saturated heterocycles. The van der Waals surface area contributed by atoms with E-state index in [2.05, 4.69) is 38.8 Å². The summed E-state index contributed by atoms with van der Waals surface area (Å²) in [6.45, 7) is 4.31. The second-order valence-corrected chi connectivity index (χ2v) is 6.98. The quantitative estimate of drug-likeness (QED) is 0.332. The van der Waals surface area contributed by atoms with Gasteiger partial charge in [0, 0.05) is 30.1 Å². The van der Waals surface area contributed by atoms with Gasteiger partial charge in [0.25, 0.3) is 0 Å². The molecule has 0 aliphatic rings. The molecular weight excluding hydrogens is 360 g/mol. The van der Waals surface area contributed by atoms with Gasteiger partial charge in [0.15, 0.2) is 11.0 Å². The average Bonchev–Trinajstić information content (AvgIpc) is 3.10. The molecule has 140 valence electrons. The molecule has 3 aromatic rings. The molecule has 0 bridgehead atoms. The number of aromatic nitrogens is 4. The van der Waals surface area contributed by atoms with Gasteiger partial charge in [-0.3, -0.25) is 14.3 Å². The highest BCUT2D eigenvalue weighted by Crippen LogP contribution is 2.29. The fourth-order valence-electron chi connectivity index (χ4n) is 2.70. The van der Waals surface area contributed by atoms with Crippen LogP contribution in [0.4, 0.5) is 0 Å². The molecule has 0 saturated carbocycles. The molecule has 3 rings (SSSR count). The Balaban J connectivity index is 1.85. The molecular formula is C20H22N4O2S. The Kier molecular flexibility index (Phi) is 6.59. The number of aryl methyl sites for hydroxylation is 1. The number of ether oxygens (including phenoxy) is 1. The highest BCUT2D eigenvalue weighted by Gasteiger charge is 2.17. The summed E-state index contributed by atoms with van der Waals surface area (Å²) < 4.78 is 7.05. The molecule has 0 unspecified atom stereocenters. The SMILES string of the molecule is CCOC(=O)CCCSc1nnc(-c2ccncc2)n1-c1ccccc1C. The number of carbonyl (C=O) groups is 1. The normalized spacial score (nSPS) is 10.7. The van der Waals surface area contributed by atoms with Crippen LogP contribution in [0.15, 0.2) is 53.9 Å². The molecule has 0 N–H and O–H groups in total. The maximum Gasteiger partial charge on any atom is 0.305 e. The summed E-state index contributed by atoms with van der Waals surface area (Å²) in [5, 5.41) is 9.63. The third-order valence-corrected chi connectivity index (χ3v) is 5.01. The first-order valence-corrected chi connectivity index (χ1v) is 9.89. The van der Waals surface area contributed by atoms with Crippen LogP contribution in [0.2, 0.25) is 0 Å². The molecule has 0 atom stereocenters. The second-order valence-electron chi connectivity index (χ2n) is 5.92. The first kappa shape index (κ1) is 19.1. The van der Waals surface area contributed by atoms with Gasteiger partial charge in [-0.2, -0.15) is 0 Å². The van der Waals surface area contributed by atoms with Crippen LogP contribution in [0.5, 0.6) is 0 Å². The molecule has 2 aromatic heterocycles. The summed E-state index contributed by atoms with van der Waals surface area (Å²) in [7, 11) is 0. The summed E-state index contributed by atoms with van der Waals surface area (Å²) in [5.41, 5.74) is 3.14. The Bertz CT molecular complexity index is 896. The lowest BCUT2D eigenvalue weighted by Crippen LogP contribution is -2.04. The summed E-state index contributed by atoms with van der Waals surface area (Å²) >= 11 is 1.59. The zero-order chi connectivity index (χ0) is 19.1. The van der Waals surface area contributed by atoms with Crippen molar-refractivity contribution in [3.05, 3.63) is 54.4 Å². The predicted molar refractivity (Wildman–Crippen MR) is 106 cm³/mol. The minimum absolute atomic E-state index is 0.157. The Morgan fingerprint density at radius 2 is 1.93 bits per heavy atom. The number of pyridine rings is 1. The molecule has 27 heavy (non-hydrogen) atoms. The summed E-state index contributed by atoms with van der Waals surface area (Å²) in [6.07, 6.45) is 4.64. The molecule has 1 aromatic carbocycles. The van der Waals surface area contributed by atoms with Crippen molar-refractivity contribution in [1.29, 1.82) is 0 Å². The van der Waals surface area contributed by atoms with Gasteiger partial charge >= 0.3 is 5.97 Å². The minimum atomic E-state index is -0.157. The molecule has 0 aliphatic heterocycles. The third kappa shape index (κ3) is 4.74. The van der Waals surface area contributed by atoms with Gasteiger partial charge in [-0.1, -0.05) is 30.0 Å². The van der Waals surface area contributed by atoms with Crippen molar-refractivity contribution >= 4 is 17.7 Å². The Hall–Kier alpha value is -2.67. The van der Waals surface area contributed by atoms with Crippen LogP contribution in [-0.4, -0.2) is 38.1 Å². The third-order valence-electron chi connectivity index (χ3n) is 3.99. The van der Waals surface area contributed by atoms with E-state index in [9.17, 15) is 4.79 Å². The van der Waals surface area contributed by atoms with Gasteiger partial charge in [-0.05, 0) is 44.0 Å². The highest BCUT2D eigenvalue weighted by molar-refractivity contribution is 7.99. The number of thioether (sulfide) groups is 1. The van der Waals surface area contributed by atoms with Gasteiger partial charge < -0.3 is 4.74 Å². The number of benzene rings is 1. The summed E-state index contributed by atoms with van der Waals surface area (Å²) in [5.74, 6) is 1.38. The van der Waals surface area contributed by atoms with Crippen LogP contribution < -0.4 is 0 Å². The van der Waals surface area contributed by atoms with Crippen LogP contribution in [0.1, 0.15) is 25.3 Å². The number of para-hydroxylation sites is 1. The van der Waals surface area contributed by atoms with Crippen molar-refractivity contribution in [2.75, 3.05) is 12.4 Å². The van der Waals surface area contributed by atoms with Crippen molar-refractivity contribution in [3.63, 3.8) is 0 Å². The monoisotopic (exact) mass is 382 g/mol. The lowest BCUT2D eigenvalue weighted by molar-refractivity contribution is -0.143. The molecule has 2 heterocycles. The molecule has 0 aliphatic carbocycles. The second kappa shape index (κ2) is 9.32. The Morgan fingerprint density at radius 3 is 2.67 bits per heavy atom. The van der Waals surface area contributed by atoms with E-state index < -0.39 is 0 Å². The van der Waals surface area contributed by atoms with Crippen LogP contribution in [-0.2, 0) is 9.53 Å². The smallest absolute Gasteiger partial charge is 0.305 e. The van der Waals surface area contributed by atoms with Crippen molar-refractivity contribution in [2.24, 2.45) is 0 Å². The van der Waals surface area contributed by atoms with Crippen molar-refractivity contribution in [3.8, 4) is 17.1 Å². The molecule has 0 radical (unpaired) electrons. The van der Waals surface area contributed by atoms with E-state index in [1.165, 1.54) is 0 Å². The van der Waals surface area contributed by atoms with Crippen molar-refractivity contribution < 1.29 is 9.53 Å². The van der Waals surface area contributed by atoms with E-state index in [1.807, 2.05) is 31.2 Å². The number of hydrogen-bond acceptors (Lipinski definition) is 6. The minimum Gasteiger partial charge on any atom is -0.466 e. The van der Waals surface area contributed by atoms with E-state index in [0.717, 1.165) is 40.0 Å². The van der Waals surface area contributed by atoms with Gasteiger partial charge in [-0.15, -0.1) is 10.2 Å². The van der Waals surface area contributed by atoms with Gasteiger partial charge in [0.05, 0.1) is 12.3 Å². The van der Waals surface area contributed by atoms with Crippen molar-refractivity contribution in [2.45, 2.75) is 31.8 Å². The lowest BCUT2D eigenvalue weighted by atomic mass is 10.2. The average molecular weight is 382 g/mol. The highest BCUT2D eigenvalue weighted by atomic mass is 32.2. The summed E-state index contributed by atoms with van der Waals surface area (Å²) in [4.78, 5) is 15.6. The van der Waals surface area contributed by atoms with E-state index in [0.29, 0.717) is 13.0 Å².